The number of fused-ring (bicyclic) bond motifs is 1. The molecule has 1 aromatic rings. The van der Waals surface area contributed by atoms with Crippen LogP contribution in [0.3, 0.4) is 0 Å². The summed E-state index contributed by atoms with van der Waals surface area (Å²) in [6.07, 6.45) is 1.46. The summed E-state index contributed by atoms with van der Waals surface area (Å²) >= 11 is 10.6. The second kappa shape index (κ2) is 5.96. The average molecular weight is 314 g/mol. The van der Waals surface area contributed by atoms with E-state index in [1.54, 1.807) is 0 Å². The Bertz CT molecular complexity index is 525. The number of esters is 1. The number of halogens is 1. The van der Waals surface area contributed by atoms with Gasteiger partial charge in [-0.2, -0.15) is 0 Å². The Morgan fingerprint density at radius 2 is 2.15 bits per heavy atom. The molecule has 1 aromatic carbocycles. The van der Waals surface area contributed by atoms with Crippen LogP contribution in [0.2, 0.25) is 5.02 Å². The van der Waals surface area contributed by atoms with Crippen molar-refractivity contribution in [3.63, 3.8) is 0 Å². The van der Waals surface area contributed by atoms with Gasteiger partial charge in [0.05, 0.1) is 5.02 Å². The zero-order valence-corrected chi connectivity index (χ0v) is 13.6. The van der Waals surface area contributed by atoms with Gasteiger partial charge in [-0.15, -0.1) is 12.6 Å². The van der Waals surface area contributed by atoms with E-state index in [1.807, 2.05) is 32.9 Å². The standard InChI is InChI=1S/C15H20ClNO2S/c1-15(2,3)19-14(18)12-7-5-10-9(8-17-12)4-6-11(16)13(10)20/h4,6,12,17,20H,5,7-8H2,1-3H3. The normalized spacial score (nSPS) is 19.1. The molecule has 0 aromatic heterocycles. The van der Waals surface area contributed by atoms with Gasteiger partial charge in [0, 0.05) is 11.4 Å². The number of hydrogen-bond donors (Lipinski definition) is 2. The Hall–Kier alpha value is -0.710. The molecule has 0 bridgehead atoms. The molecule has 20 heavy (non-hydrogen) atoms. The minimum absolute atomic E-state index is 0.197. The predicted molar refractivity (Wildman–Crippen MR) is 83.5 cm³/mol. The SMILES string of the molecule is CC(C)(C)OC(=O)C1CCc2c(ccc(Cl)c2S)CN1. The van der Waals surface area contributed by atoms with E-state index in [1.165, 1.54) is 0 Å². The number of nitrogens with one attached hydrogen (secondary N) is 1. The van der Waals surface area contributed by atoms with Gasteiger partial charge >= 0.3 is 5.97 Å². The second-order valence-corrected chi connectivity index (χ2v) is 6.89. The molecule has 0 aliphatic carbocycles. The summed E-state index contributed by atoms with van der Waals surface area (Å²) in [5, 5.41) is 3.91. The zero-order chi connectivity index (χ0) is 14.9. The van der Waals surface area contributed by atoms with E-state index in [2.05, 4.69) is 17.9 Å². The van der Waals surface area contributed by atoms with Crippen LogP contribution >= 0.6 is 24.2 Å². The lowest BCUT2D eigenvalue weighted by Crippen LogP contribution is -2.40. The number of rotatable bonds is 1. The van der Waals surface area contributed by atoms with Crippen LogP contribution in [0.5, 0.6) is 0 Å². The van der Waals surface area contributed by atoms with Crippen molar-refractivity contribution in [2.45, 2.75) is 56.7 Å². The molecule has 0 fully saturated rings. The fraction of sp³-hybridized carbons (Fsp3) is 0.533. The third-order valence-electron chi connectivity index (χ3n) is 3.24. The minimum atomic E-state index is -0.462. The summed E-state index contributed by atoms with van der Waals surface area (Å²) in [6.45, 7) is 6.26. The van der Waals surface area contributed by atoms with E-state index in [9.17, 15) is 4.79 Å². The lowest BCUT2D eigenvalue weighted by Gasteiger charge is -2.23. The van der Waals surface area contributed by atoms with Gasteiger partial charge in [0.25, 0.3) is 0 Å². The molecule has 1 atom stereocenters. The number of thiol groups is 1. The first-order valence-corrected chi connectivity index (χ1v) is 7.56. The van der Waals surface area contributed by atoms with Gasteiger partial charge in [0.1, 0.15) is 11.6 Å². The van der Waals surface area contributed by atoms with Crippen LogP contribution in [-0.4, -0.2) is 17.6 Å². The topological polar surface area (TPSA) is 38.3 Å². The molecule has 0 spiro atoms. The van der Waals surface area contributed by atoms with Crippen molar-refractivity contribution in [3.05, 3.63) is 28.3 Å². The number of carbonyl (C=O) groups is 1. The Labute approximate surface area is 130 Å². The molecule has 1 N–H and O–H groups in total. The second-order valence-electron chi connectivity index (χ2n) is 6.04. The molecule has 3 nitrogen and oxygen atoms in total. The first-order valence-electron chi connectivity index (χ1n) is 6.73. The summed E-state index contributed by atoms with van der Waals surface area (Å²) in [4.78, 5) is 13.0. The predicted octanol–water partition coefficient (Wildman–Crippen LogP) is 3.37. The van der Waals surface area contributed by atoms with Crippen molar-refractivity contribution in [2.75, 3.05) is 0 Å². The number of benzene rings is 1. The highest BCUT2D eigenvalue weighted by molar-refractivity contribution is 7.80. The monoisotopic (exact) mass is 313 g/mol. The van der Waals surface area contributed by atoms with E-state index in [-0.39, 0.29) is 12.0 Å². The molecule has 0 saturated carbocycles. The van der Waals surface area contributed by atoms with Gasteiger partial charge in [0.2, 0.25) is 0 Å². The quantitative estimate of drug-likeness (QED) is 0.616. The molecule has 2 rings (SSSR count). The van der Waals surface area contributed by atoms with Crippen LogP contribution in [0.1, 0.15) is 38.3 Å². The van der Waals surface area contributed by atoms with Crippen LogP contribution in [0.4, 0.5) is 0 Å². The van der Waals surface area contributed by atoms with Gasteiger partial charge < -0.3 is 10.1 Å². The van der Waals surface area contributed by atoms with E-state index in [0.717, 1.165) is 22.4 Å². The molecule has 0 radical (unpaired) electrons. The third kappa shape index (κ3) is 3.68. The maximum atomic E-state index is 12.1. The van der Waals surface area contributed by atoms with Crippen LogP contribution in [0.25, 0.3) is 0 Å². The molecule has 1 unspecified atom stereocenters. The highest BCUT2D eigenvalue weighted by Gasteiger charge is 2.27. The van der Waals surface area contributed by atoms with Crippen molar-refractivity contribution < 1.29 is 9.53 Å². The molecule has 1 heterocycles. The smallest absolute Gasteiger partial charge is 0.323 e. The van der Waals surface area contributed by atoms with E-state index < -0.39 is 5.60 Å². The van der Waals surface area contributed by atoms with Crippen molar-refractivity contribution in [3.8, 4) is 0 Å². The first kappa shape index (κ1) is 15.7. The molecule has 1 aliphatic heterocycles. The summed E-state index contributed by atoms with van der Waals surface area (Å²) in [5.74, 6) is -0.197. The fourth-order valence-electron chi connectivity index (χ4n) is 2.29. The molecular formula is C15H20ClNO2S. The number of hydrogen-bond acceptors (Lipinski definition) is 4. The first-order chi connectivity index (χ1) is 9.28. The molecule has 0 amide bonds. The van der Waals surface area contributed by atoms with Gasteiger partial charge in [-0.1, -0.05) is 17.7 Å². The van der Waals surface area contributed by atoms with Crippen LogP contribution in [-0.2, 0) is 22.5 Å². The highest BCUT2D eigenvalue weighted by Crippen LogP contribution is 2.30. The van der Waals surface area contributed by atoms with E-state index >= 15 is 0 Å². The molecule has 0 saturated heterocycles. The molecular weight excluding hydrogens is 294 g/mol. The van der Waals surface area contributed by atoms with Crippen molar-refractivity contribution in [2.24, 2.45) is 0 Å². The summed E-state index contributed by atoms with van der Waals surface area (Å²) in [6, 6.07) is 3.55. The Morgan fingerprint density at radius 1 is 1.45 bits per heavy atom. The van der Waals surface area contributed by atoms with E-state index in [4.69, 9.17) is 16.3 Å². The Balaban J connectivity index is 2.12. The van der Waals surface area contributed by atoms with E-state index in [0.29, 0.717) is 18.0 Å². The fourth-order valence-corrected chi connectivity index (χ4v) is 2.80. The van der Waals surface area contributed by atoms with Gasteiger partial charge in [-0.3, -0.25) is 4.79 Å². The summed E-state index contributed by atoms with van der Waals surface area (Å²) < 4.78 is 5.44. The third-order valence-corrected chi connectivity index (χ3v) is 4.20. The van der Waals surface area contributed by atoms with Crippen molar-refractivity contribution in [1.82, 2.24) is 5.32 Å². The van der Waals surface area contributed by atoms with Crippen molar-refractivity contribution in [1.29, 1.82) is 0 Å². The van der Waals surface area contributed by atoms with Crippen LogP contribution in [0, 0.1) is 0 Å². The summed E-state index contributed by atoms with van der Waals surface area (Å²) in [7, 11) is 0. The lowest BCUT2D eigenvalue weighted by atomic mass is 10.0. The lowest BCUT2D eigenvalue weighted by molar-refractivity contribution is -0.157. The zero-order valence-electron chi connectivity index (χ0n) is 12.0. The van der Waals surface area contributed by atoms with Gasteiger partial charge in [-0.05, 0) is 50.8 Å². The van der Waals surface area contributed by atoms with Crippen LogP contribution < -0.4 is 5.32 Å². The Kier molecular flexibility index (Phi) is 4.67. The molecule has 1 aliphatic rings. The molecule has 110 valence electrons. The van der Waals surface area contributed by atoms with Crippen molar-refractivity contribution >= 4 is 30.2 Å². The Morgan fingerprint density at radius 3 is 2.80 bits per heavy atom. The van der Waals surface area contributed by atoms with Gasteiger partial charge in [0.15, 0.2) is 0 Å². The number of carbonyl (C=O) groups excluding carboxylic acids is 1. The van der Waals surface area contributed by atoms with Crippen LogP contribution in [0.15, 0.2) is 17.0 Å². The average Bonchev–Trinajstić information content (AvgIpc) is 2.54. The largest absolute Gasteiger partial charge is 0.459 e. The maximum Gasteiger partial charge on any atom is 0.323 e. The highest BCUT2D eigenvalue weighted by atomic mass is 35.5. The molecule has 5 heteroatoms. The maximum absolute atomic E-state index is 12.1. The minimum Gasteiger partial charge on any atom is -0.459 e. The summed E-state index contributed by atoms with van der Waals surface area (Å²) in [5.41, 5.74) is 1.81. The number of ether oxygens (including phenoxy) is 1. The van der Waals surface area contributed by atoms with Gasteiger partial charge in [-0.25, -0.2) is 0 Å².